The molecule has 0 saturated heterocycles. The van der Waals surface area contributed by atoms with E-state index < -0.39 is 0 Å². The van der Waals surface area contributed by atoms with Crippen LogP contribution < -0.4 is 4.90 Å². The predicted octanol–water partition coefficient (Wildman–Crippen LogP) is 0.953. The van der Waals surface area contributed by atoms with Crippen LogP contribution >= 0.6 is 0 Å². The summed E-state index contributed by atoms with van der Waals surface area (Å²) in [4.78, 5) is 17.0. The number of carbonyl (C=O) groups excluding carboxylic acids is 1. The molecule has 1 rings (SSSR count). The first kappa shape index (κ1) is 12.0. The Hall–Kier alpha value is -2.09. The van der Waals surface area contributed by atoms with Gasteiger partial charge in [0.15, 0.2) is 0 Å². The molecule has 1 aromatic rings. The minimum atomic E-state index is -0.351. The van der Waals surface area contributed by atoms with Gasteiger partial charge >= 0.3 is 5.97 Å². The van der Waals surface area contributed by atoms with Crippen LogP contribution in [0.25, 0.3) is 0 Å². The summed E-state index contributed by atoms with van der Waals surface area (Å²) in [6.45, 7) is 2.57. The Bertz CT molecular complexity index is 412. The second-order valence-corrected chi connectivity index (χ2v) is 3.08. The van der Waals surface area contributed by atoms with Crippen molar-refractivity contribution >= 4 is 11.8 Å². The fourth-order valence-corrected chi connectivity index (χ4v) is 1.29. The quantitative estimate of drug-likeness (QED) is 0.705. The topological polar surface area (TPSA) is 66.2 Å². The third-order valence-electron chi connectivity index (χ3n) is 2.14. The molecule has 0 unspecified atom stereocenters. The van der Waals surface area contributed by atoms with Crippen LogP contribution in [0, 0.1) is 11.3 Å². The second-order valence-electron chi connectivity index (χ2n) is 3.08. The Morgan fingerprint density at radius 3 is 3.00 bits per heavy atom. The summed E-state index contributed by atoms with van der Waals surface area (Å²) < 4.78 is 4.59. The second kappa shape index (κ2) is 5.71. The summed E-state index contributed by atoms with van der Waals surface area (Å²) in [5.41, 5.74) is 0.452. The Morgan fingerprint density at radius 1 is 1.69 bits per heavy atom. The highest BCUT2D eigenvalue weighted by Crippen LogP contribution is 2.15. The lowest BCUT2D eigenvalue weighted by atomic mass is 10.2. The Labute approximate surface area is 94.3 Å². The minimum Gasteiger partial charge on any atom is -0.468 e. The van der Waals surface area contributed by atoms with Gasteiger partial charge in [-0.15, -0.1) is 0 Å². The molecule has 0 atom stereocenters. The van der Waals surface area contributed by atoms with Gasteiger partial charge in [0.25, 0.3) is 0 Å². The average Bonchev–Trinajstić information content (AvgIpc) is 2.35. The van der Waals surface area contributed by atoms with Gasteiger partial charge in [0.1, 0.15) is 18.4 Å². The number of methoxy groups -OCH3 is 1. The molecule has 0 N–H and O–H groups in total. The van der Waals surface area contributed by atoms with Crippen LogP contribution in [0.5, 0.6) is 0 Å². The van der Waals surface area contributed by atoms with Crippen molar-refractivity contribution < 1.29 is 9.53 Å². The molecule has 0 aliphatic rings. The van der Waals surface area contributed by atoms with Gasteiger partial charge in [-0.25, -0.2) is 4.98 Å². The number of anilines is 1. The fraction of sp³-hybridized carbons (Fsp3) is 0.364. The number of esters is 1. The van der Waals surface area contributed by atoms with Crippen LogP contribution in [-0.2, 0) is 9.53 Å². The number of hydrogen-bond acceptors (Lipinski definition) is 5. The zero-order valence-corrected chi connectivity index (χ0v) is 9.30. The van der Waals surface area contributed by atoms with E-state index in [1.165, 1.54) is 7.11 Å². The molecule has 1 heterocycles. The van der Waals surface area contributed by atoms with Crippen molar-refractivity contribution in [2.45, 2.75) is 6.92 Å². The van der Waals surface area contributed by atoms with Crippen LogP contribution in [0.15, 0.2) is 18.3 Å². The standard InChI is InChI=1S/C11H13N3O2/c1-3-14(8-10(15)16-2)11-9(7-12)5-4-6-13-11/h4-6H,3,8H2,1-2H3. The first-order valence-electron chi connectivity index (χ1n) is 4.89. The molecule has 84 valence electrons. The monoisotopic (exact) mass is 219 g/mol. The van der Waals surface area contributed by atoms with Gasteiger partial charge in [-0.3, -0.25) is 4.79 Å². The van der Waals surface area contributed by atoms with E-state index in [2.05, 4.69) is 9.72 Å². The van der Waals surface area contributed by atoms with Crippen molar-refractivity contribution in [3.8, 4) is 6.07 Å². The minimum absolute atomic E-state index is 0.0959. The van der Waals surface area contributed by atoms with Crippen LogP contribution in [0.3, 0.4) is 0 Å². The van der Waals surface area contributed by atoms with E-state index in [1.54, 1.807) is 23.2 Å². The molecule has 0 saturated carbocycles. The Balaban J connectivity index is 2.95. The highest BCUT2D eigenvalue weighted by atomic mass is 16.5. The van der Waals surface area contributed by atoms with E-state index in [4.69, 9.17) is 5.26 Å². The van der Waals surface area contributed by atoms with Crippen LogP contribution in [-0.4, -0.2) is 31.2 Å². The number of ether oxygens (including phenoxy) is 1. The van der Waals surface area contributed by atoms with Crippen LogP contribution in [0.2, 0.25) is 0 Å². The van der Waals surface area contributed by atoms with Crippen LogP contribution in [0.4, 0.5) is 5.82 Å². The summed E-state index contributed by atoms with van der Waals surface area (Å²) in [6.07, 6.45) is 1.59. The summed E-state index contributed by atoms with van der Waals surface area (Å²) in [7, 11) is 1.33. The lowest BCUT2D eigenvalue weighted by Crippen LogP contribution is -2.31. The number of pyridine rings is 1. The van der Waals surface area contributed by atoms with Crippen molar-refractivity contribution in [3.05, 3.63) is 23.9 Å². The zero-order chi connectivity index (χ0) is 12.0. The fourth-order valence-electron chi connectivity index (χ4n) is 1.29. The normalized spacial score (nSPS) is 9.31. The van der Waals surface area contributed by atoms with Gasteiger partial charge in [0.05, 0.1) is 12.7 Å². The van der Waals surface area contributed by atoms with E-state index in [-0.39, 0.29) is 12.5 Å². The summed E-state index contributed by atoms with van der Waals surface area (Å²) in [6, 6.07) is 5.40. The molecule has 0 aliphatic carbocycles. The molecular formula is C11H13N3O2. The Morgan fingerprint density at radius 2 is 2.44 bits per heavy atom. The Kier molecular flexibility index (Phi) is 4.28. The lowest BCUT2D eigenvalue weighted by Gasteiger charge is -2.20. The number of aromatic nitrogens is 1. The number of nitrogens with zero attached hydrogens (tertiary/aromatic N) is 3. The molecule has 0 amide bonds. The molecule has 0 radical (unpaired) electrons. The number of nitriles is 1. The molecule has 0 fully saturated rings. The molecule has 1 aromatic heterocycles. The third-order valence-corrected chi connectivity index (χ3v) is 2.14. The van der Waals surface area contributed by atoms with Crippen molar-refractivity contribution in [2.24, 2.45) is 0 Å². The van der Waals surface area contributed by atoms with Gasteiger partial charge in [-0.2, -0.15) is 5.26 Å². The van der Waals surface area contributed by atoms with Gasteiger partial charge in [0.2, 0.25) is 0 Å². The first-order chi connectivity index (χ1) is 7.72. The smallest absolute Gasteiger partial charge is 0.325 e. The first-order valence-corrected chi connectivity index (χ1v) is 4.89. The molecule has 0 bridgehead atoms. The highest BCUT2D eigenvalue weighted by Gasteiger charge is 2.14. The maximum absolute atomic E-state index is 11.2. The molecule has 16 heavy (non-hydrogen) atoms. The van der Waals surface area contributed by atoms with Crippen molar-refractivity contribution in [3.63, 3.8) is 0 Å². The molecule has 0 aliphatic heterocycles. The van der Waals surface area contributed by atoms with Gasteiger partial charge in [-0.1, -0.05) is 0 Å². The SMILES string of the molecule is CCN(CC(=O)OC)c1ncccc1C#N. The van der Waals surface area contributed by atoms with E-state index in [9.17, 15) is 4.79 Å². The van der Waals surface area contributed by atoms with Gasteiger partial charge < -0.3 is 9.64 Å². The molecule has 5 nitrogen and oxygen atoms in total. The summed E-state index contributed by atoms with van der Waals surface area (Å²) >= 11 is 0. The van der Waals surface area contributed by atoms with E-state index in [0.717, 1.165) is 0 Å². The van der Waals surface area contributed by atoms with Gasteiger partial charge in [0, 0.05) is 12.7 Å². The van der Waals surface area contributed by atoms with E-state index >= 15 is 0 Å². The van der Waals surface area contributed by atoms with Crippen molar-refractivity contribution in [1.82, 2.24) is 4.98 Å². The number of rotatable bonds is 4. The average molecular weight is 219 g/mol. The summed E-state index contributed by atoms with van der Waals surface area (Å²) in [5, 5.41) is 8.92. The van der Waals surface area contributed by atoms with Crippen molar-refractivity contribution in [1.29, 1.82) is 5.26 Å². The van der Waals surface area contributed by atoms with E-state index in [1.807, 2.05) is 13.0 Å². The molecule has 0 spiro atoms. The number of hydrogen-bond donors (Lipinski definition) is 0. The maximum Gasteiger partial charge on any atom is 0.325 e. The maximum atomic E-state index is 11.2. The predicted molar refractivity (Wildman–Crippen MR) is 58.9 cm³/mol. The van der Waals surface area contributed by atoms with Gasteiger partial charge in [-0.05, 0) is 19.1 Å². The molecular weight excluding hydrogens is 206 g/mol. The number of carbonyl (C=O) groups is 1. The highest BCUT2D eigenvalue weighted by molar-refractivity contribution is 5.75. The third kappa shape index (κ3) is 2.70. The van der Waals surface area contributed by atoms with Crippen molar-refractivity contribution in [2.75, 3.05) is 25.1 Å². The zero-order valence-electron chi connectivity index (χ0n) is 9.30. The lowest BCUT2D eigenvalue weighted by molar-refractivity contribution is -0.138. The van der Waals surface area contributed by atoms with Crippen LogP contribution in [0.1, 0.15) is 12.5 Å². The summed E-state index contributed by atoms with van der Waals surface area (Å²) in [5.74, 6) is 0.161. The number of likely N-dealkylation sites (N-methyl/N-ethyl adjacent to an activating group) is 1. The molecule has 0 aromatic carbocycles. The molecule has 5 heteroatoms. The van der Waals surface area contributed by atoms with E-state index in [0.29, 0.717) is 17.9 Å². The largest absolute Gasteiger partial charge is 0.468 e.